The van der Waals surface area contributed by atoms with E-state index >= 15 is 0 Å². The van der Waals surface area contributed by atoms with Crippen LogP contribution in [0.4, 0.5) is 10.1 Å². The van der Waals surface area contributed by atoms with Crippen LogP contribution >= 0.6 is 0 Å². The molecule has 7 nitrogen and oxygen atoms in total. The van der Waals surface area contributed by atoms with E-state index in [2.05, 4.69) is 15.6 Å². The molecule has 1 aromatic heterocycles. The van der Waals surface area contributed by atoms with Gasteiger partial charge >= 0.3 is 0 Å². The third kappa shape index (κ3) is 4.91. The molecule has 3 amide bonds. The van der Waals surface area contributed by atoms with E-state index in [9.17, 15) is 18.8 Å². The first-order valence-electron chi connectivity index (χ1n) is 12.5. The fraction of sp³-hybridized carbons (Fsp3) is 0.276. The van der Waals surface area contributed by atoms with Crippen LogP contribution in [0.15, 0.2) is 42.5 Å². The number of anilines is 1. The van der Waals surface area contributed by atoms with Gasteiger partial charge in [0.25, 0.3) is 17.7 Å². The summed E-state index contributed by atoms with van der Waals surface area (Å²) < 4.78 is 13.1. The zero-order chi connectivity index (χ0) is 26.1. The lowest BCUT2D eigenvalue weighted by atomic mass is 10.0. The number of piperidine rings is 1. The number of aromatic amines is 1. The maximum atomic E-state index is 13.2. The van der Waals surface area contributed by atoms with Crippen molar-refractivity contribution in [3.8, 4) is 0 Å². The first-order valence-corrected chi connectivity index (χ1v) is 12.5. The van der Waals surface area contributed by atoms with Crippen LogP contribution in [0.5, 0.6) is 0 Å². The van der Waals surface area contributed by atoms with Crippen molar-refractivity contribution < 1.29 is 18.8 Å². The van der Waals surface area contributed by atoms with Crippen molar-refractivity contribution in [3.05, 3.63) is 87.5 Å². The third-order valence-corrected chi connectivity index (χ3v) is 7.05. The molecule has 0 aliphatic carbocycles. The van der Waals surface area contributed by atoms with Crippen LogP contribution in [-0.4, -0.2) is 40.7 Å². The molecular weight excluding hydrogens is 471 g/mol. The minimum Gasteiger partial charge on any atom is -0.358 e. The van der Waals surface area contributed by atoms with E-state index < -0.39 is 0 Å². The number of carbonyl (C=O) groups is 3. The van der Waals surface area contributed by atoms with Gasteiger partial charge in [0.2, 0.25) is 0 Å². The van der Waals surface area contributed by atoms with E-state index in [1.807, 2.05) is 18.7 Å². The van der Waals surface area contributed by atoms with Gasteiger partial charge in [0.15, 0.2) is 0 Å². The number of rotatable bonds is 5. The van der Waals surface area contributed by atoms with Crippen LogP contribution in [0.3, 0.4) is 0 Å². The number of amides is 3. The van der Waals surface area contributed by atoms with E-state index in [1.54, 1.807) is 36.4 Å². The van der Waals surface area contributed by atoms with Crippen molar-refractivity contribution in [1.29, 1.82) is 0 Å². The zero-order valence-electron chi connectivity index (χ0n) is 20.9. The van der Waals surface area contributed by atoms with Gasteiger partial charge in [-0.25, -0.2) is 4.39 Å². The van der Waals surface area contributed by atoms with E-state index in [1.165, 1.54) is 12.1 Å². The molecule has 0 radical (unpaired) electrons. The van der Waals surface area contributed by atoms with E-state index in [0.29, 0.717) is 33.6 Å². The topological polar surface area (TPSA) is 94.3 Å². The molecule has 190 valence electrons. The van der Waals surface area contributed by atoms with Gasteiger partial charge < -0.3 is 20.5 Å². The second-order valence-corrected chi connectivity index (χ2v) is 9.60. The molecule has 3 heterocycles. The second-order valence-electron chi connectivity index (χ2n) is 9.60. The Bertz CT molecular complexity index is 1420. The van der Waals surface area contributed by atoms with E-state index in [-0.39, 0.29) is 30.1 Å². The van der Waals surface area contributed by atoms with Crippen molar-refractivity contribution in [1.82, 2.24) is 15.2 Å². The molecule has 0 bridgehead atoms. The van der Waals surface area contributed by atoms with Crippen molar-refractivity contribution in [2.45, 2.75) is 39.7 Å². The van der Waals surface area contributed by atoms with Gasteiger partial charge in [-0.05, 0) is 80.6 Å². The number of fused-ring (bicyclic) bond motifs is 1. The number of likely N-dealkylation sites (tertiary alicyclic amines) is 1. The standard InChI is InChI=1S/C29H29FN4O3/c1-17-25(32-18(2)26(17)29(37)34-12-4-3-5-13-34)15-23-22-14-20(8-11-24(22)33-28(23)36)27(35)31-16-19-6-9-21(30)10-7-19/h6-11,14-15,32H,3-5,12-13,16H2,1-2H3,(H,31,35)(H,33,36)/b23-15-. The first kappa shape index (κ1) is 24.5. The zero-order valence-corrected chi connectivity index (χ0v) is 20.9. The highest BCUT2D eigenvalue weighted by atomic mass is 19.1. The summed E-state index contributed by atoms with van der Waals surface area (Å²) in [6.45, 7) is 5.55. The lowest BCUT2D eigenvalue weighted by Gasteiger charge is -2.27. The number of hydrogen-bond acceptors (Lipinski definition) is 3. The Morgan fingerprint density at radius 1 is 1.05 bits per heavy atom. The molecule has 3 aromatic rings. The molecule has 1 fully saturated rings. The number of hydrogen-bond donors (Lipinski definition) is 3. The number of H-pyrrole nitrogens is 1. The normalized spacial score (nSPS) is 16.0. The molecule has 37 heavy (non-hydrogen) atoms. The number of aromatic nitrogens is 1. The molecule has 0 spiro atoms. The number of benzene rings is 2. The maximum Gasteiger partial charge on any atom is 0.256 e. The maximum absolute atomic E-state index is 13.2. The summed E-state index contributed by atoms with van der Waals surface area (Å²) in [6, 6.07) is 11.0. The van der Waals surface area contributed by atoms with Crippen LogP contribution in [0.25, 0.3) is 11.6 Å². The van der Waals surface area contributed by atoms with Crippen LogP contribution in [-0.2, 0) is 11.3 Å². The van der Waals surface area contributed by atoms with Crippen LogP contribution in [0.1, 0.15) is 68.1 Å². The molecule has 0 saturated carbocycles. The Balaban J connectivity index is 1.40. The van der Waals surface area contributed by atoms with Gasteiger partial charge in [-0.1, -0.05) is 12.1 Å². The summed E-state index contributed by atoms with van der Waals surface area (Å²) in [6.07, 6.45) is 4.92. The van der Waals surface area contributed by atoms with Crippen LogP contribution in [0.2, 0.25) is 0 Å². The van der Waals surface area contributed by atoms with E-state index in [4.69, 9.17) is 0 Å². The Morgan fingerprint density at radius 3 is 2.51 bits per heavy atom. The van der Waals surface area contributed by atoms with Crippen LogP contribution in [0, 0.1) is 19.7 Å². The molecule has 2 aliphatic heterocycles. The molecule has 3 N–H and O–H groups in total. The van der Waals surface area contributed by atoms with Gasteiger partial charge in [-0.15, -0.1) is 0 Å². The molecule has 5 rings (SSSR count). The fourth-order valence-corrected chi connectivity index (χ4v) is 5.00. The predicted octanol–water partition coefficient (Wildman–Crippen LogP) is 4.82. The molecular formula is C29H29FN4O3. The third-order valence-electron chi connectivity index (χ3n) is 7.05. The minimum atomic E-state index is -0.333. The van der Waals surface area contributed by atoms with Gasteiger partial charge in [-0.2, -0.15) is 0 Å². The number of nitrogens with zero attached hydrogens (tertiary/aromatic N) is 1. The van der Waals surface area contributed by atoms with Gasteiger partial charge in [-0.3, -0.25) is 14.4 Å². The summed E-state index contributed by atoms with van der Waals surface area (Å²) in [7, 11) is 0. The average Bonchev–Trinajstić information content (AvgIpc) is 3.37. The second kappa shape index (κ2) is 10.0. The Morgan fingerprint density at radius 2 is 1.78 bits per heavy atom. The number of aryl methyl sites for hydroxylation is 1. The lowest BCUT2D eigenvalue weighted by molar-refractivity contribution is -0.110. The monoisotopic (exact) mass is 500 g/mol. The highest BCUT2D eigenvalue weighted by Gasteiger charge is 2.28. The Labute approximate surface area is 214 Å². The number of carbonyl (C=O) groups excluding carboxylic acids is 3. The largest absolute Gasteiger partial charge is 0.358 e. The average molecular weight is 501 g/mol. The van der Waals surface area contributed by atoms with Crippen molar-refractivity contribution in [2.75, 3.05) is 18.4 Å². The van der Waals surface area contributed by atoms with Crippen LogP contribution < -0.4 is 10.6 Å². The molecule has 2 aromatic carbocycles. The fourth-order valence-electron chi connectivity index (χ4n) is 5.00. The summed E-state index contributed by atoms with van der Waals surface area (Å²) in [5.41, 5.74) is 5.77. The van der Waals surface area contributed by atoms with Gasteiger partial charge in [0.1, 0.15) is 5.82 Å². The minimum absolute atomic E-state index is 0.0204. The van der Waals surface area contributed by atoms with Gasteiger partial charge in [0, 0.05) is 47.8 Å². The Kier molecular flexibility index (Phi) is 6.65. The smallest absolute Gasteiger partial charge is 0.256 e. The first-order chi connectivity index (χ1) is 17.8. The van der Waals surface area contributed by atoms with Gasteiger partial charge in [0.05, 0.1) is 11.1 Å². The summed E-state index contributed by atoms with van der Waals surface area (Å²) in [5.74, 6) is -0.880. The molecule has 1 saturated heterocycles. The molecule has 2 aliphatic rings. The van der Waals surface area contributed by atoms with Crippen molar-refractivity contribution >= 4 is 35.1 Å². The lowest BCUT2D eigenvalue weighted by Crippen LogP contribution is -2.36. The highest BCUT2D eigenvalue weighted by molar-refractivity contribution is 6.35. The van der Waals surface area contributed by atoms with Crippen molar-refractivity contribution in [2.24, 2.45) is 0 Å². The molecule has 0 unspecified atom stereocenters. The highest BCUT2D eigenvalue weighted by Crippen LogP contribution is 2.35. The summed E-state index contributed by atoms with van der Waals surface area (Å²) in [4.78, 5) is 44.0. The molecule has 0 atom stereocenters. The Hall–Kier alpha value is -4.20. The van der Waals surface area contributed by atoms with E-state index in [0.717, 1.165) is 49.2 Å². The van der Waals surface area contributed by atoms with Crippen molar-refractivity contribution in [3.63, 3.8) is 0 Å². The summed E-state index contributed by atoms with van der Waals surface area (Å²) in [5, 5.41) is 5.68. The number of nitrogens with one attached hydrogen (secondary N) is 3. The number of halogens is 1. The summed E-state index contributed by atoms with van der Waals surface area (Å²) >= 11 is 0. The predicted molar refractivity (Wildman–Crippen MR) is 141 cm³/mol. The SMILES string of the molecule is Cc1[nH]c(/C=C2\C(=O)Nc3ccc(C(=O)NCc4ccc(F)cc4)cc32)c(C)c1C(=O)N1CCCCC1. The molecule has 8 heteroatoms. The quantitative estimate of drug-likeness (QED) is 0.439.